The van der Waals surface area contributed by atoms with Gasteiger partial charge in [-0.1, -0.05) is 5.16 Å². The minimum atomic E-state index is -0.217. The lowest BCUT2D eigenvalue weighted by molar-refractivity contribution is 0.0924. The maximum Gasteiger partial charge on any atom is 0.273 e. The second-order valence-electron chi connectivity index (χ2n) is 6.38. The quantitative estimate of drug-likeness (QED) is 0.910. The molecule has 4 rings (SSSR count). The number of aromatic nitrogens is 3. The Morgan fingerprint density at radius 3 is 2.96 bits per heavy atom. The molecule has 7 heteroatoms. The fourth-order valence-corrected chi connectivity index (χ4v) is 3.03. The Labute approximate surface area is 132 Å². The van der Waals surface area contributed by atoms with E-state index in [1.807, 2.05) is 0 Å². The molecule has 0 bridgehead atoms. The normalized spacial score (nSPS) is 20.1. The number of rotatable bonds is 3. The minimum Gasteiger partial charge on any atom is -0.360 e. The zero-order valence-electron chi connectivity index (χ0n) is 12.9. The van der Waals surface area contributed by atoms with Crippen molar-refractivity contribution in [1.82, 2.24) is 20.3 Å². The highest BCUT2D eigenvalue weighted by atomic mass is 16.5. The first-order valence-corrected chi connectivity index (χ1v) is 7.94. The zero-order chi connectivity index (χ0) is 16.0. The van der Waals surface area contributed by atoms with Crippen molar-refractivity contribution < 1.29 is 9.32 Å². The zero-order valence-corrected chi connectivity index (χ0v) is 12.9. The van der Waals surface area contributed by atoms with E-state index in [1.165, 1.54) is 4.68 Å². The predicted octanol–water partition coefficient (Wildman–Crippen LogP) is 0.933. The van der Waals surface area contributed by atoms with Crippen LogP contribution in [0.4, 0.5) is 0 Å². The molecule has 2 aliphatic carbocycles. The summed E-state index contributed by atoms with van der Waals surface area (Å²) in [5.41, 5.74) is 2.07. The van der Waals surface area contributed by atoms with Crippen molar-refractivity contribution in [2.75, 3.05) is 0 Å². The topological polar surface area (TPSA) is 90.0 Å². The maximum atomic E-state index is 12.3. The Bertz CT molecular complexity index is 819. The number of nitrogens with one attached hydrogen (secondary N) is 1. The van der Waals surface area contributed by atoms with Gasteiger partial charge in [-0.2, -0.15) is 5.10 Å². The van der Waals surface area contributed by atoms with E-state index in [4.69, 9.17) is 4.52 Å². The van der Waals surface area contributed by atoms with E-state index in [9.17, 15) is 9.59 Å². The van der Waals surface area contributed by atoms with Gasteiger partial charge in [0.1, 0.15) is 5.76 Å². The van der Waals surface area contributed by atoms with Crippen LogP contribution < -0.4 is 10.9 Å². The van der Waals surface area contributed by atoms with Crippen LogP contribution in [0.1, 0.15) is 52.7 Å². The first kappa shape index (κ1) is 14.2. The van der Waals surface area contributed by atoms with Gasteiger partial charge in [0.2, 0.25) is 0 Å². The van der Waals surface area contributed by atoms with Gasteiger partial charge in [0.15, 0.2) is 5.69 Å². The van der Waals surface area contributed by atoms with Gasteiger partial charge in [-0.25, -0.2) is 4.68 Å². The van der Waals surface area contributed by atoms with Crippen LogP contribution in [0.3, 0.4) is 0 Å². The molecule has 0 saturated heterocycles. The third-order valence-corrected chi connectivity index (χ3v) is 4.53. The van der Waals surface area contributed by atoms with E-state index in [0.717, 1.165) is 42.7 Å². The second kappa shape index (κ2) is 5.33. The first-order valence-electron chi connectivity index (χ1n) is 7.94. The second-order valence-corrected chi connectivity index (χ2v) is 6.38. The molecule has 2 aliphatic rings. The summed E-state index contributed by atoms with van der Waals surface area (Å²) in [4.78, 5) is 24.0. The third-order valence-electron chi connectivity index (χ3n) is 4.53. The van der Waals surface area contributed by atoms with Crippen LogP contribution in [0.25, 0.3) is 0 Å². The van der Waals surface area contributed by atoms with Crippen LogP contribution in [0.2, 0.25) is 0 Å². The average molecular weight is 314 g/mol. The number of carbonyl (C=O) groups excluding carboxylic acids is 1. The molecule has 2 heterocycles. The smallest absolute Gasteiger partial charge is 0.273 e. The van der Waals surface area contributed by atoms with Crippen LogP contribution in [-0.2, 0) is 19.9 Å². The largest absolute Gasteiger partial charge is 0.360 e. The van der Waals surface area contributed by atoms with E-state index in [0.29, 0.717) is 18.0 Å². The Kier molecular flexibility index (Phi) is 3.28. The third kappa shape index (κ3) is 2.78. The first-order chi connectivity index (χ1) is 11.1. The Balaban J connectivity index is 1.45. The van der Waals surface area contributed by atoms with E-state index in [-0.39, 0.29) is 17.5 Å². The summed E-state index contributed by atoms with van der Waals surface area (Å²) in [7, 11) is 1.65. The molecule has 23 heavy (non-hydrogen) atoms. The molecule has 0 radical (unpaired) electrons. The molecule has 0 aromatic carbocycles. The molecule has 0 spiro atoms. The van der Waals surface area contributed by atoms with Crippen LogP contribution in [0.15, 0.2) is 21.5 Å². The summed E-state index contributed by atoms with van der Waals surface area (Å²) < 4.78 is 6.57. The number of carbonyl (C=O) groups is 1. The highest BCUT2D eigenvalue weighted by molar-refractivity contribution is 5.92. The van der Waals surface area contributed by atoms with Crippen molar-refractivity contribution in [2.45, 2.75) is 44.1 Å². The number of hydrogen-bond acceptors (Lipinski definition) is 5. The number of aryl methyl sites for hydroxylation is 2. The van der Waals surface area contributed by atoms with Crippen molar-refractivity contribution in [2.24, 2.45) is 7.05 Å². The van der Waals surface area contributed by atoms with E-state index >= 15 is 0 Å². The van der Waals surface area contributed by atoms with Gasteiger partial charge in [0.05, 0.1) is 5.69 Å². The van der Waals surface area contributed by atoms with Gasteiger partial charge in [0.25, 0.3) is 11.5 Å². The summed E-state index contributed by atoms with van der Waals surface area (Å²) in [6.07, 6.45) is 4.39. The van der Waals surface area contributed by atoms with Crippen molar-refractivity contribution in [1.29, 1.82) is 0 Å². The molecule has 7 nitrogen and oxygen atoms in total. The van der Waals surface area contributed by atoms with Gasteiger partial charge < -0.3 is 9.84 Å². The molecular formula is C16H18N4O3. The molecule has 1 amide bonds. The fourth-order valence-electron chi connectivity index (χ4n) is 3.03. The van der Waals surface area contributed by atoms with Gasteiger partial charge in [-0.15, -0.1) is 0 Å². The van der Waals surface area contributed by atoms with Crippen molar-refractivity contribution in [3.63, 3.8) is 0 Å². The van der Waals surface area contributed by atoms with Crippen LogP contribution in [-0.4, -0.2) is 26.9 Å². The number of hydrogen-bond donors (Lipinski definition) is 1. The summed E-state index contributed by atoms with van der Waals surface area (Å²) in [5, 5.41) is 11.1. The molecular weight excluding hydrogens is 296 g/mol. The molecule has 1 atom stereocenters. The lowest BCUT2D eigenvalue weighted by Gasteiger charge is -2.24. The standard InChI is InChI=1S/C16H18N4O3/c1-20-15(21)7-10-6-11(4-5-12(10)18-20)17-16(22)13-8-14(23-19-13)9-2-3-9/h7-9,11H,2-6H2,1H3,(H,17,22)/t11-/m0/s1. The molecule has 1 fully saturated rings. The van der Waals surface area contributed by atoms with E-state index in [1.54, 1.807) is 19.2 Å². The van der Waals surface area contributed by atoms with Crippen LogP contribution in [0, 0.1) is 0 Å². The summed E-state index contributed by atoms with van der Waals surface area (Å²) in [6.45, 7) is 0. The SMILES string of the molecule is Cn1nc2c(cc1=O)C[C@@H](NC(=O)c1cc(C3CC3)on1)CC2. The maximum absolute atomic E-state index is 12.3. The Hall–Kier alpha value is -2.44. The van der Waals surface area contributed by atoms with E-state index in [2.05, 4.69) is 15.6 Å². The number of amides is 1. The van der Waals surface area contributed by atoms with Gasteiger partial charge >= 0.3 is 0 Å². The fraction of sp³-hybridized carbons (Fsp3) is 0.500. The van der Waals surface area contributed by atoms with Crippen LogP contribution >= 0.6 is 0 Å². The molecule has 2 aromatic rings. The van der Waals surface area contributed by atoms with Crippen molar-refractivity contribution >= 4 is 5.91 Å². The molecule has 0 unspecified atom stereocenters. The molecule has 0 aliphatic heterocycles. The summed E-state index contributed by atoms with van der Waals surface area (Å²) in [5.74, 6) is 1.02. The van der Waals surface area contributed by atoms with Gasteiger partial charge in [0, 0.05) is 31.1 Å². The lowest BCUT2D eigenvalue weighted by atomic mass is 9.92. The van der Waals surface area contributed by atoms with Gasteiger partial charge in [-0.05, 0) is 37.7 Å². The highest BCUT2D eigenvalue weighted by Gasteiger charge is 2.29. The minimum absolute atomic E-state index is 0.00928. The predicted molar refractivity (Wildman–Crippen MR) is 81.2 cm³/mol. The lowest BCUT2D eigenvalue weighted by Crippen LogP contribution is -2.40. The Morgan fingerprint density at radius 2 is 2.17 bits per heavy atom. The van der Waals surface area contributed by atoms with Crippen LogP contribution in [0.5, 0.6) is 0 Å². The average Bonchev–Trinajstić information content (AvgIpc) is 3.26. The highest BCUT2D eigenvalue weighted by Crippen LogP contribution is 2.40. The molecule has 1 N–H and O–H groups in total. The van der Waals surface area contributed by atoms with Crippen molar-refractivity contribution in [3.8, 4) is 0 Å². The molecule has 2 aromatic heterocycles. The monoisotopic (exact) mass is 314 g/mol. The Morgan fingerprint density at radius 1 is 1.35 bits per heavy atom. The summed E-state index contributed by atoms with van der Waals surface area (Å²) in [6, 6.07) is 3.34. The molecule has 120 valence electrons. The van der Waals surface area contributed by atoms with Gasteiger partial charge in [-0.3, -0.25) is 9.59 Å². The number of nitrogens with zero attached hydrogens (tertiary/aromatic N) is 3. The number of fused-ring (bicyclic) bond motifs is 1. The van der Waals surface area contributed by atoms with Crippen molar-refractivity contribution in [3.05, 3.63) is 45.2 Å². The van der Waals surface area contributed by atoms with E-state index < -0.39 is 0 Å². The molecule has 1 saturated carbocycles. The summed E-state index contributed by atoms with van der Waals surface area (Å²) >= 11 is 0.